The second kappa shape index (κ2) is 7.49. The first kappa shape index (κ1) is 15.8. The number of ether oxygens (including phenoxy) is 2. The minimum absolute atomic E-state index is 0.00903. The highest BCUT2D eigenvalue weighted by molar-refractivity contribution is 7.17. The van der Waals surface area contributed by atoms with Crippen molar-refractivity contribution in [3.63, 3.8) is 0 Å². The number of hydrogen-bond donors (Lipinski definition) is 1. The van der Waals surface area contributed by atoms with Crippen LogP contribution in [-0.4, -0.2) is 20.7 Å². The molecule has 3 rings (SSSR count). The Kier molecular flexibility index (Phi) is 5.16. The van der Waals surface area contributed by atoms with Crippen molar-refractivity contribution in [1.29, 1.82) is 0 Å². The van der Waals surface area contributed by atoms with Crippen LogP contribution in [0.5, 0.6) is 11.5 Å². The topological polar surface area (TPSA) is 30.5 Å². The molecule has 3 aromatic rings. The zero-order valence-electron chi connectivity index (χ0n) is 13.4. The largest absolute Gasteiger partial charge is 0.497 e. The van der Waals surface area contributed by atoms with Crippen molar-refractivity contribution in [3.8, 4) is 11.5 Å². The van der Waals surface area contributed by atoms with Gasteiger partial charge in [-0.05, 0) is 54.2 Å². The Hall–Kier alpha value is -2.04. The fraction of sp³-hybridized carbons (Fsp3) is 0.263. The van der Waals surface area contributed by atoms with Gasteiger partial charge in [0.05, 0.1) is 11.8 Å². The van der Waals surface area contributed by atoms with Crippen LogP contribution in [0.15, 0.2) is 53.9 Å². The van der Waals surface area contributed by atoms with Crippen molar-refractivity contribution in [2.75, 3.05) is 20.7 Å². The molecular formula is C19H21NO2S. The highest BCUT2D eigenvalue weighted by atomic mass is 32.1. The van der Waals surface area contributed by atoms with Crippen LogP contribution in [0.4, 0.5) is 0 Å². The van der Waals surface area contributed by atoms with Crippen LogP contribution in [0, 0.1) is 0 Å². The van der Waals surface area contributed by atoms with Gasteiger partial charge in [0.1, 0.15) is 17.6 Å². The number of thiophene rings is 1. The van der Waals surface area contributed by atoms with E-state index in [-0.39, 0.29) is 6.10 Å². The third-order valence-corrected chi connectivity index (χ3v) is 4.78. The molecule has 1 aromatic heterocycles. The molecule has 1 atom stereocenters. The van der Waals surface area contributed by atoms with E-state index in [0.29, 0.717) is 0 Å². The SMILES string of the molecule is CNCC[C@@H](Oc1cccc2ccsc12)c1cccc(OC)c1. The number of rotatable bonds is 7. The molecule has 2 aromatic carbocycles. The number of benzene rings is 2. The fourth-order valence-electron chi connectivity index (χ4n) is 2.62. The smallest absolute Gasteiger partial charge is 0.138 e. The van der Waals surface area contributed by atoms with Crippen molar-refractivity contribution in [1.82, 2.24) is 5.32 Å². The van der Waals surface area contributed by atoms with Crippen molar-refractivity contribution >= 4 is 21.4 Å². The van der Waals surface area contributed by atoms with Gasteiger partial charge in [0, 0.05) is 6.42 Å². The lowest BCUT2D eigenvalue weighted by atomic mass is 10.1. The third-order valence-electron chi connectivity index (χ3n) is 3.83. The molecular weight excluding hydrogens is 306 g/mol. The standard InChI is InChI=1S/C19H21NO2S/c1-20-11-9-17(15-6-3-7-16(13-15)21-2)22-18-8-4-5-14-10-12-23-19(14)18/h3-8,10,12-13,17,20H,9,11H2,1-2H3/t17-/m1/s1. The van der Waals surface area contributed by atoms with Crippen molar-refractivity contribution in [2.24, 2.45) is 0 Å². The number of methoxy groups -OCH3 is 1. The summed E-state index contributed by atoms with van der Waals surface area (Å²) in [6.07, 6.45) is 0.885. The predicted octanol–water partition coefficient (Wildman–Crippen LogP) is 4.64. The first-order chi connectivity index (χ1) is 11.3. The minimum Gasteiger partial charge on any atom is -0.497 e. The summed E-state index contributed by atoms with van der Waals surface area (Å²) in [5.74, 6) is 1.80. The van der Waals surface area contributed by atoms with Gasteiger partial charge in [-0.1, -0.05) is 24.3 Å². The van der Waals surface area contributed by atoms with Gasteiger partial charge in [0.15, 0.2) is 0 Å². The molecule has 0 radical (unpaired) electrons. The highest BCUT2D eigenvalue weighted by Gasteiger charge is 2.15. The predicted molar refractivity (Wildman–Crippen MR) is 96.7 cm³/mol. The van der Waals surface area contributed by atoms with E-state index in [1.807, 2.05) is 31.3 Å². The molecule has 0 bridgehead atoms. The summed E-state index contributed by atoms with van der Waals surface area (Å²) >= 11 is 1.72. The Labute approximate surface area is 140 Å². The molecule has 0 spiro atoms. The van der Waals surface area contributed by atoms with Crippen molar-refractivity contribution in [2.45, 2.75) is 12.5 Å². The maximum Gasteiger partial charge on any atom is 0.138 e. The Balaban J connectivity index is 1.91. The van der Waals surface area contributed by atoms with Gasteiger partial charge in [-0.3, -0.25) is 0 Å². The van der Waals surface area contributed by atoms with E-state index in [9.17, 15) is 0 Å². The van der Waals surface area contributed by atoms with E-state index in [1.165, 1.54) is 10.1 Å². The van der Waals surface area contributed by atoms with Crippen molar-refractivity contribution in [3.05, 3.63) is 59.5 Å². The van der Waals surface area contributed by atoms with Crippen LogP contribution in [0.25, 0.3) is 10.1 Å². The summed E-state index contributed by atoms with van der Waals surface area (Å²) in [4.78, 5) is 0. The van der Waals surface area contributed by atoms with E-state index < -0.39 is 0 Å². The summed E-state index contributed by atoms with van der Waals surface area (Å²) in [5.41, 5.74) is 1.13. The lowest BCUT2D eigenvalue weighted by Crippen LogP contribution is -2.16. The molecule has 0 saturated heterocycles. The number of hydrogen-bond acceptors (Lipinski definition) is 4. The molecule has 3 nitrogen and oxygen atoms in total. The average Bonchev–Trinajstić information content (AvgIpc) is 3.08. The zero-order valence-corrected chi connectivity index (χ0v) is 14.2. The number of fused-ring (bicyclic) bond motifs is 1. The molecule has 0 aliphatic rings. The van der Waals surface area contributed by atoms with Gasteiger partial charge < -0.3 is 14.8 Å². The second-order valence-corrected chi connectivity index (χ2v) is 6.29. The zero-order chi connectivity index (χ0) is 16.1. The second-order valence-electron chi connectivity index (χ2n) is 5.37. The average molecular weight is 327 g/mol. The van der Waals surface area contributed by atoms with Crippen LogP contribution < -0.4 is 14.8 Å². The monoisotopic (exact) mass is 327 g/mol. The van der Waals surface area contributed by atoms with Crippen LogP contribution in [0.1, 0.15) is 18.1 Å². The van der Waals surface area contributed by atoms with Crippen LogP contribution in [0.2, 0.25) is 0 Å². The summed E-state index contributed by atoms with van der Waals surface area (Å²) in [6.45, 7) is 0.891. The molecule has 0 unspecified atom stereocenters. The van der Waals surface area contributed by atoms with E-state index in [1.54, 1.807) is 18.4 Å². The molecule has 1 heterocycles. The first-order valence-electron chi connectivity index (χ1n) is 7.73. The first-order valence-corrected chi connectivity index (χ1v) is 8.61. The highest BCUT2D eigenvalue weighted by Crippen LogP contribution is 2.34. The van der Waals surface area contributed by atoms with Crippen LogP contribution in [0.3, 0.4) is 0 Å². The van der Waals surface area contributed by atoms with E-state index in [2.05, 4.69) is 35.0 Å². The summed E-state index contributed by atoms with van der Waals surface area (Å²) < 4.78 is 12.9. The van der Waals surface area contributed by atoms with Gasteiger partial charge >= 0.3 is 0 Å². The summed E-state index contributed by atoms with van der Waals surface area (Å²) in [6, 6.07) is 16.4. The molecule has 1 N–H and O–H groups in total. The molecule has 120 valence electrons. The molecule has 4 heteroatoms. The Morgan fingerprint density at radius 1 is 1.13 bits per heavy atom. The third kappa shape index (κ3) is 3.66. The Bertz CT molecular complexity index is 769. The maximum absolute atomic E-state index is 6.39. The normalized spacial score (nSPS) is 12.3. The van der Waals surface area contributed by atoms with Gasteiger partial charge in [0.2, 0.25) is 0 Å². The Morgan fingerprint density at radius 2 is 2.00 bits per heavy atom. The van der Waals surface area contributed by atoms with Gasteiger partial charge in [0.25, 0.3) is 0 Å². The van der Waals surface area contributed by atoms with E-state index in [4.69, 9.17) is 9.47 Å². The minimum atomic E-state index is -0.00903. The number of nitrogens with one attached hydrogen (secondary N) is 1. The van der Waals surface area contributed by atoms with E-state index in [0.717, 1.165) is 30.0 Å². The lowest BCUT2D eigenvalue weighted by molar-refractivity contribution is 0.197. The van der Waals surface area contributed by atoms with Gasteiger partial charge in [-0.15, -0.1) is 11.3 Å². The van der Waals surface area contributed by atoms with Crippen LogP contribution >= 0.6 is 11.3 Å². The molecule has 0 aliphatic carbocycles. The maximum atomic E-state index is 6.39. The summed E-state index contributed by atoms with van der Waals surface area (Å²) in [5, 5.41) is 6.54. The lowest BCUT2D eigenvalue weighted by Gasteiger charge is -2.20. The van der Waals surface area contributed by atoms with Crippen LogP contribution in [-0.2, 0) is 0 Å². The molecule has 23 heavy (non-hydrogen) atoms. The van der Waals surface area contributed by atoms with Crippen molar-refractivity contribution < 1.29 is 9.47 Å². The van der Waals surface area contributed by atoms with Gasteiger partial charge in [-0.2, -0.15) is 0 Å². The quantitative estimate of drug-likeness (QED) is 0.686. The fourth-order valence-corrected chi connectivity index (χ4v) is 3.48. The molecule has 0 amide bonds. The van der Waals surface area contributed by atoms with E-state index >= 15 is 0 Å². The van der Waals surface area contributed by atoms with Gasteiger partial charge in [-0.25, -0.2) is 0 Å². The molecule has 0 fully saturated rings. The summed E-state index contributed by atoms with van der Waals surface area (Å²) in [7, 11) is 3.65. The molecule has 0 aliphatic heterocycles. The molecule has 0 saturated carbocycles. The Morgan fingerprint density at radius 3 is 2.83 bits per heavy atom.